The quantitative estimate of drug-likeness (QED) is 0.638. The van der Waals surface area contributed by atoms with Crippen molar-refractivity contribution in [1.29, 1.82) is 0 Å². The Bertz CT molecular complexity index is 782. The van der Waals surface area contributed by atoms with Gasteiger partial charge in [0.1, 0.15) is 0 Å². The molecule has 2 fully saturated rings. The SMILES string of the molecule is COC(=O)CC1C(Cc2ccccc2)CC2C(Cc3ccccc3)CC1N2C.Cl. The van der Waals surface area contributed by atoms with Gasteiger partial charge in [0.05, 0.1) is 13.5 Å². The molecule has 0 aliphatic carbocycles. The maximum absolute atomic E-state index is 12.2. The number of halogens is 1. The van der Waals surface area contributed by atoms with E-state index in [0.29, 0.717) is 36.3 Å². The monoisotopic (exact) mass is 413 g/mol. The summed E-state index contributed by atoms with van der Waals surface area (Å²) in [6, 6.07) is 22.7. The molecule has 5 unspecified atom stereocenters. The lowest BCUT2D eigenvalue weighted by Crippen LogP contribution is -2.48. The molecule has 4 heteroatoms. The van der Waals surface area contributed by atoms with Crippen LogP contribution in [0.3, 0.4) is 0 Å². The fourth-order valence-corrected chi connectivity index (χ4v) is 5.71. The normalized spacial score (nSPS) is 28.6. The average molecular weight is 414 g/mol. The highest BCUT2D eigenvalue weighted by Crippen LogP contribution is 2.47. The summed E-state index contributed by atoms with van der Waals surface area (Å²) in [5.74, 6) is 1.50. The third-order valence-electron chi connectivity index (χ3n) is 7.09. The Balaban J connectivity index is 0.00000240. The Morgan fingerprint density at radius 3 is 1.97 bits per heavy atom. The molecule has 2 heterocycles. The maximum atomic E-state index is 12.2. The number of benzene rings is 2. The molecule has 0 radical (unpaired) electrons. The summed E-state index contributed by atoms with van der Waals surface area (Å²) in [7, 11) is 3.78. The van der Waals surface area contributed by atoms with Crippen LogP contribution in [0.4, 0.5) is 0 Å². The van der Waals surface area contributed by atoms with Gasteiger partial charge in [0.2, 0.25) is 0 Å². The first-order valence-corrected chi connectivity index (χ1v) is 10.5. The second-order valence-electron chi connectivity index (χ2n) is 8.62. The molecule has 0 amide bonds. The lowest BCUT2D eigenvalue weighted by Gasteiger charge is -2.43. The number of esters is 1. The molecular weight excluding hydrogens is 382 g/mol. The predicted molar refractivity (Wildman–Crippen MR) is 119 cm³/mol. The van der Waals surface area contributed by atoms with Gasteiger partial charge >= 0.3 is 5.97 Å². The Hall–Kier alpha value is -1.84. The second kappa shape index (κ2) is 9.77. The minimum atomic E-state index is -0.0681. The number of hydrogen-bond acceptors (Lipinski definition) is 3. The van der Waals surface area contributed by atoms with Gasteiger partial charge in [0.15, 0.2) is 0 Å². The first kappa shape index (κ1) is 21.9. The van der Waals surface area contributed by atoms with E-state index in [4.69, 9.17) is 4.74 Å². The molecule has 0 spiro atoms. The molecule has 3 nitrogen and oxygen atoms in total. The van der Waals surface area contributed by atoms with E-state index in [1.54, 1.807) is 0 Å². The molecule has 0 N–H and O–H groups in total. The van der Waals surface area contributed by atoms with Gasteiger partial charge in [-0.3, -0.25) is 9.69 Å². The molecule has 156 valence electrons. The van der Waals surface area contributed by atoms with Gasteiger partial charge in [-0.1, -0.05) is 60.7 Å². The van der Waals surface area contributed by atoms with Gasteiger partial charge < -0.3 is 4.74 Å². The van der Waals surface area contributed by atoms with Gasteiger partial charge in [-0.05, 0) is 61.6 Å². The van der Waals surface area contributed by atoms with Crippen molar-refractivity contribution in [3.05, 3.63) is 71.8 Å². The summed E-state index contributed by atoms with van der Waals surface area (Å²) in [4.78, 5) is 14.8. The summed E-state index contributed by atoms with van der Waals surface area (Å²) in [5.41, 5.74) is 2.81. The Morgan fingerprint density at radius 2 is 1.41 bits per heavy atom. The zero-order chi connectivity index (χ0) is 19.5. The van der Waals surface area contributed by atoms with Crippen molar-refractivity contribution < 1.29 is 9.53 Å². The van der Waals surface area contributed by atoms with Gasteiger partial charge in [-0.2, -0.15) is 0 Å². The highest BCUT2D eigenvalue weighted by atomic mass is 35.5. The number of fused-ring (bicyclic) bond motifs is 2. The van der Waals surface area contributed by atoms with Gasteiger partial charge in [0, 0.05) is 12.1 Å². The van der Waals surface area contributed by atoms with Crippen molar-refractivity contribution in [2.75, 3.05) is 14.2 Å². The molecule has 29 heavy (non-hydrogen) atoms. The van der Waals surface area contributed by atoms with Crippen molar-refractivity contribution in [3.63, 3.8) is 0 Å². The van der Waals surface area contributed by atoms with Crippen molar-refractivity contribution >= 4 is 18.4 Å². The highest BCUT2D eigenvalue weighted by molar-refractivity contribution is 5.85. The smallest absolute Gasteiger partial charge is 0.305 e. The average Bonchev–Trinajstić information content (AvgIpc) is 2.93. The minimum absolute atomic E-state index is 0. The zero-order valence-corrected chi connectivity index (χ0v) is 18.2. The summed E-state index contributed by atoms with van der Waals surface area (Å²) in [6.45, 7) is 0. The van der Waals surface area contributed by atoms with E-state index in [0.717, 1.165) is 12.8 Å². The van der Waals surface area contributed by atoms with Crippen LogP contribution in [0.1, 0.15) is 30.4 Å². The molecule has 2 bridgehead atoms. The highest BCUT2D eigenvalue weighted by Gasteiger charge is 2.50. The molecule has 0 aromatic heterocycles. The van der Waals surface area contributed by atoms with Gasteiger partial charge in [-0.15, -0.1) is 12.4 Å². The molecule has 2 aliphatic rings. The lowest BCUT2D eigenvalue weighted by molar-refractivity contribution is -0.143. The summed E-state index contributed by atoms with van der Waals surface area (Å²) in [6.07, 6.45) is 5.08. The number of rotatable bonds is 6. The minimum Gasteiger partial charge on any atom is -0.469 e. The van der Waals surface area contributed by atoms with Crippen LogP contribution < -0.4 is 0 Å². The van der Waals surface area contributed by atoms with Crippen LogP contribution in [0.2, 0.25) is 0 Å². The number of carbonyl (C=O) groups is 1. The topological polar surface area (TPSA) is 29.5 Å². The number of hydrogen-bond donors (Lipinski definition) is 0. The van der Waals surface area contributed by atoms with Crippen molar-refractivity contribution in [2.45, 2.75) is 44.2 Å². The standard InChI is InChI=1S/C25H31NO2.ClH/c1-26-23-15-20(13-18-9-5-3-6-10-18)22(17-25(27)28-2)24(26)16-21(23)14-19-11-7-4-8-12-19;/h3-12,20-24H,13-17H2,1-2H3;1H. The van der Waals surface area contributed by atoms with Crippen LogP contribution in [0, 0.1) is 17.8 Å². The first-order chi connectivity index (χ1) is 13.7. The molecule has 2 aliphatic heterocycles. The van der Waals surface area contributed by atoms with E-state index in [-0.39, 0.29) is 18.4 Å². The van der Waals surface area contributed by atoms with Gasteiger partial charge in [0.25, 0.3) is 0 Å². The number of methoxy groups -OCH3 is 1. The molecule has 0 saturated carbocycles. The van der Waals surface area contributed by atoms with E-state index < -0.39 is 0 Å². The summed E-state index contributed by atoms with van der Waals surface area (Å²) >= 11 is 0. The first-order valence-electron chi connectivity index (χ1n) is 10.5. The Labute approximate surface area is 180 Å². The van der Waals surface area contributed by atoms with Crippen LogP contribution in [-0.2, 0) is 22.4 Å². The van der Waals surface area contributed by atoms with Crippen LogP contribution in [0.25, 0.3) is 0 Å². The number of ether oxygens (including phenoxy) is 1. The third-order valence-corrected chi connectivity index (χ3v) is 7.09. The molecule has 2 saturated heterocycles. The Morgan fingerprint density at radius 1 is 0.897 bits per heavy atom. The lowest BCUT2D eigenvalue weighted by atomic mass is 9.75. The molecule has 4 rings (SSSR count). The van der Waals surface area contributed by atoms with E-state index in [1.807, 2.05) is 0 Å². The largest absolute Gasteiger partial charge is 0.469 e. The number of carbonyl (C=O) groups excluding carboxylic acids is 1. The molecule has 5 atom stereocenters. The number of piperidine rings is 1. The van der Waals surface area contributed by atoms with Crippen LogP contribution in [0.15, 0.2) is 60.7 Å². The van der Waals surface area contributed by atoms with Crippen LogP contribution in [0.5, 0.6) is 0 Å². The maximum Gasteiger partial charge on any atom is 0.305 e. The molecule has 2 aromatic carbocycles. The fourth-order valence-electron chi connectivity index (χ4n) is 5.71. The van der Waals surface area contributed by atoms with Crippen LogP contribution >= 0.6 is 12.4 Å². The van der Waals surface area contributed by atoms with Crippen LogP contribution in [-0.4, -0.2) is 37.1 Å². The summed E-state index contributed by atoms with van der Waals surface area (Å²) < 4.78 is 5.06. The van der Waals surface area contributed by atoms with E-state index in [2.05, 4.69) is 72.6 Å². The second-order valence-corrected chi connectivity index (χ2v) is 8.62. The Kier molecular flexibility index (Phi) is 7.37. The van der Waals surface area contributed by atoms with E-state index in [9.17, 15) is 4.79 Å². The fraction of sp³-hybridized carbons (Fsp3) is 0.480. The zero-order valence-electron chi connectivity index (χ0n) is 17.4. The van der Waals surface area contributed by atoms with E-state index in [1.165, 1.54) is 31.1 Å². The van der Waals surface area contributed by atoms with Gasteiger partial charge in [-0.25, -0.2) is 0 Å². The van der Waals surface area contributed by atoms with Crippen molar-refractivity contribution in [1.82, 2.24) is 4.90 Å². The number of nitrogens with zero attached hydrogens (tertiary/aromatic N) is 1. The molecule has 2 aromatic rings. The van der Waals surface area contributed by atoms with Crippen molar-refractivity contribution in [3.8, 4) is 0 Å². The predicted octanol–water partition coefficient (Wildman–Crippen LogP) is 4.78. The van der Waals surface area contributed by atoms with Crippen molar-refractivity contribution in [2.24, 2.45) is 17.8 Å². The third kappa shape index (κ3) is 4.84. The van der Waals surface area contributed by atoms with E-state index >= 15 is 0 Å². The molecular formula is C25H32ClNO2. The summed E-state index contributed by atoms with van der Waals surface area (Å²) in [5, 5.41) is 0.